The fourth-order valence-corrected chi connectivity index (χ4v) is 4.37. The van der Waals surface area contributed by atoms with Gasteiger partial charge >= 0.3 is 0 Å². The Bertz CT molecular complexity index is 1220. The Labute approximate surface area is 188 Å². The Balaban J connectivity index is 1.97. The number of hydrogen-bond acceptors (Lipinski definition) is 4. The molecule has 4 rings (SSSR count). The molecule has 1 saturated heterocycles. The van der Waals surface area contributed by atoms with E-state index in [0.29, 0.717) is 30.0 Å². The molecule has 1 aliphatic rings. The molecule has 0 aliphatic carbocycles. The Hall–Kier alpha value is -2.45. The van der Waals surface area contributed by atoms with Gasteiger partial charge in [-0.05, 0) is 50.5 Å². The van der Waals surface area contributed by atoms with Gasteiger partial charge in [-0.3, -0.25) is 14.3 Å². The van der Waals surface area contributed by atoms with Crippen molar-refractivity contribution in [2.75, 3.05) is 6.61 Å². The van der Waals surface area contributed by atoms with Crippen molar-refractivity contribution in [3.63, 3.8) is 0 Å². The smallest absolute Gasteiger partial charge is 0.264 e. The molecule has 3 heterocycles. The van der Waals surface area contributed by atoms with Gasteiger partial charge in [0.2, 0.25) is 0 Å². The van der Waals surface area contributed by atoms with Crippen LogP contribution in [0.4, 0.5) is 13.2 Å². The number of halogens is 4. The molecule has 5 nitrogen and oxygen atoms in total. The lowest BCUT2D eigenvalue weighted by atomic mass is 9.91. The molecule has 1 aromatic carbocycles. The maximum atomic E-state index is 14.9. The highest BCUT2D eigenvalue weighted by atomic mass is 35.5. The largest absolute Gasteiger partial charge is 0.372 e. The number of aromatic nitrogens is 3. The summed E-state index contributed by atoms with van der Waals surface area (Å²) < 4.78 is 48.1. The summed E-state index contributed by atoms with van der Waals surface area (Å²) in [6, 6.07) is 5.81. The maximum absolute atomic E-state index is 14.9. The minimum Gasteiger partial charge on any atom is -0.372 e. The van der Waals surface area contributed by atoms with E-state index in [-0.39, 0.29) is 46.2 Å². The summed E-state index contributed by atoms with van der Waals surface area (Å²) in [4.78, 5) is 22.6. The summed E-state index contributed by atoms with van der Waals surface area (Å²) >= 11 is 5.92. The second-order valence-electron chi connectivity index (χ2n) is 7.99. The molecule has 0 N–H and O–H groups in total. The number of pyridine rings is 1. The number of alkyl halides is 2. The molecule has 32 heavy (non-hydrogen) atoms. The lowest BCUT2D eigenvalue weighted by Crippen LogP contribution is -2.31. The maximum Gasteiger partial charge on any atom is 0.264 e. The number of fused-ring (bicyclic) bond motifs is 1. The van der Waals surface area contributed by atoms with E-state index in [1.165, 1.54) is 12.1 Å². The van der Waals surface area contributed by atoms with Gasteiger partial charge in [-0.1, -0.05) is 18.5 Å². The third-order valence-corrected chi connectivity index (χ3v) is 6.03. The third-order valence-electron chi connectivity index (χ3n) is 5.80. The van der Waals surface area contributed by atoms with Crippen LogP contribution >= 0.6 is 11.6 Å². The fourth-order valence-electron chi connectivity index (χ4n) is 4.21. The van der Waals surface area contributed by atoms with E-state index in [1.54, 1.807) is 17.6 Å². The molecule has 0 spiro atoms. The zero-order valence-corrected chi connectivity index (χ0v) is 18.5. The molecule has 0 radical (unpaired) electrons. The normalized spacial score (nSPS) is 19.1. The molecule has 0 amide bonds. The predicted octanol–water partition coefficient (Wildman–Crippen LogP) is 5.50. The number of nitrogens with zero attached hydrogens (tertiary/aromatic N) is 3. The van der Waals surface area contributed by atoms with Crippen LogP contribution in [0.2, 0.25) is 5.02 Å². The highest BCUT2D eigenvalue weighted by Gasteiger charge is 2.32. The molecule has 3 aromatic rings. The van der Waals surface area contributed by atoms with Crippen LogP contribution in [-0.2, 0) is 11.3 Å². The van der Waals surface area contributed by atoms with Crippen molar-refractivity contribution in [1.29, 1.82) is 0 Å². The number of benzene rings is 1. The Morgan fingerprint density at radius 1 is 1.28 bits per heavy atom. The number of ether oxygens (including phenoxy) is 1. The molecule has 1 aliphatic heterocycles. The van der Waals surface area contributed by atoms with Gasteiger partial charge in [0.25, 0.3) is 12.0 Å². The highest BCUT2D eigenvalue weighted by molar-refractivity contribution is 6.30. The lowest BCUT2D eigenvalue weighted by molar-refractivity contribution is -0.0838. The van der Waals surface area contributed by atoms with Gasteiger partial charge in [-0.15, -0.1) is 0 Å². The van der Waals surface area contributed by atoms with E-state index >= 15 is 0 Å². The van der Waals surface area contributed by atoms with Gasteiger partial charge in [0.1, 0.15) is 17.7 Å². The van der Waals surface area contributed by atoms with Crippen LogP contribution < -0.4 is 5.56 Å². The van der Waals surface area contributed by atoms with Crippen molar-refractivity contribution in [2.45, 2.75) is 58.1 Å². The second-order valence-corrected chi connectivity index (χ2v) is 8.43. The summed E-state index contributed by atoms with van der Waals surface area (Å²) in [5.74, 6) is -0.411. The highest BCUT2D eigenvalue weighted by Crippen LogP contribution is 2.35. The molecule has 170 valence electrons. The average molecular weight is 466 g/mol. The summed E-state index contributed by atoms with van der Waals surface area (Å²) in [7, 11) is 0. The van der Waals surface area contributed by atoms with Crippen molar-refractivity contribution in [1.82, 2.24) is 14.5 Å². The van der Waals surface area contributed by atoms with Crippen molar-refractivity contribution in [2.24, 2.45) is 0 Å². The number of hydrogen-bond donors (Lipinski definition) is 0. The molecule has 0 bridgehead atoms. The van der Waals surface area contributed by atoms with Gasteiger partial charge in [0.05, 0.1) is 16.6 Å². The van der Waals surface area contributed by atoms with Gasteiger partial charge < -0.3 is 4.74 Å². The summed E-state index contributed by atoms with van der Waals surface area (Å²) in [6.07, 6.45) is -2.48. The van der Waals surface area contributed by atoms with Crippen molar-refractivity contribution < 1.29 is 17.9 Å². The monoisotopic (exact) mass is 465 g/mol. The first-order valence-electron chi connectivity index (χ1n) is 10.6. The Kier molecular flexibility index (Phi) is 6.53. The zero-order chi connectivity index (χ0) is 23.0. The quantitative estimate of drug-likeness (QED) is 0.499. The summed E-state index contributed by atoms with van der Waals surface area (Å²) in [6.45, 7) is 4.32. The summed E-state index contributed by atoms with van der Waals surface area (Å²) in [5, 5.41) is 0.416. The van der Waals surface area contributed by atoms with Gasteiger partial charge in [0, 0.05) is 35.3 Å². The third kappa shape index (κ3) is 4.26. The number of aryl methyl sites for hydroxylation is 1. The fraction of sp³-hybridized carbons (Fsp3) is 0.435. The van der Waals surface area contributed by atoms with Gasteiger partial charge in [-0.25, -0.2) is 18.2 Å². The second kappa shape index (κ2) is 9.19. The van der Waals surface area contributed by atoms with Crippen molar-refractivity contribution >= 4 is 22.5 Å². The van der Waals surface area contributed by atoms with E-state index < -0.39 is 18.3 Å². The molecule has 2 aromatic heterocycles. The molecular weight excluding hydrogens is 443 g/mol. The molecule has 0 saturated carbocycles. The van der Waals surface area contributed by atoms with Crippen LogP contribution in [0.3, 0.4) is 0 Å². The van der Waals surface area contributed by atoms with Crippen LogP contribution in [-0.4, -0.2) is 33.7 Å². The molecule has 9 heteroatoms. The first kappa shape index (κ1) is 22.7. The van der Waals surface area contributed by atoms with E-state index in [1.807, 2.05) is 6.92 Å². The standard InChI is InChI=1S/C23H23ClF3N3O2/c1-3-7-30-12(2)28-18-11-17(13-6-8-32-19(9-13)22(26)27)29-21(20(18)23(30)31)15-5-4-14(24)10-16(15)25/h4-5,10-11,13,19,22H,3,6-9H2,1-2H3/t13?,19-/m1/s1. The summed E-state index contributed by atoms with van der Waals surface area (Å²) in [5.41, 5.74) is 0.818. The van der Waals surface area contributed by atoms with E-state index in [2.05, 4.69) is 9.97 Å². The van der Waals surface area contributed by atoms with E-state index in [4.69, 9.17) is 16.3 Å². The van der Waals surface area contributed by atoms with Crippen LogP contribution in [0.15, 0.2) is 29.1 Å². The molecule has 2 atom stereocenters. The first-order valence-corrected chi connectivity index (χ1v) is 10.9. The van der Waals surface area contributed by atoms with Gasteiger partial charge in [-0.2, -0.15) is 0 Å². The molecule has 1 fully saturated rings. The van der Waals surface area contributed by atoms with E-state index in [0.717, 1.165) is 12.5 Å². The van der Waals surface area contributed by atoms with E-state index in [9.17, 15) is 18.0 Å². The molecular formula is C23H23ClF3N3O2. The number of rotatable bonds is 5. The minimum absolute atomic E-state index is 0.0879. The average Bonchev–Trinajstić information content (AvgIpc) is 2.76. The van der Waals surface area contributed by atoms with Crippen LogP contribution in [0.5, 0.6) is 0 Å². The Morgan fingerprint density at radius 2 is 2.06 bits per heavy atom. The van der Waals surface area contributed by atoms with Crippen molar-refractivity contribution in [3.05, 3.63) is 57.0 Å². The van der Waals surface area contributed by atoms with Gasteiger partial charge in [0.15, 0.2) is 0 Å². The van der Waals surface area contributed by atoms with Crippen LogP contribution in [0, 0.1) is 12.7 Å². The Morgan fingerprint density at radius 3 is 2.75 bits per heavy atom. The lowest BCUT2D eigenvalue weighted by Gasteiger charge is -2.29. The predicted molar refractivity (Wildman–Crippen MR) is 117 cm³/mol. The van der Waals surface area contributed by atoms with Crippen LogP contribution in [0.1, 0.15) is 43.6 Å². The minimum atomic E-state index is -2.60. The van der Waals surface area contributed by atoms with Crippen LogP contribution in [0.25, 0.3) is 22.2 Å². The van der Waals surface area contributed by atoms with Crippen molar-refractivity contribution in [3.8, 4) is 11.3 Å². The topological polar surface area (TPSA) is 57.0 Å². The SMILES string of the molecule is CCCn1c(C)nc2cc(C3CCO[C@@H](C(F)F)C3)nc(-c3ccc(Cl)cc3F)c2c1=O. The molecule has 1 unspecified atom stereocenters. The first-order chi connectivity index (χ1) is 15.3. The zero-order valence-electron chi connectivity index (χ0n) is 17.7.